The third kappa shape index (κ3) is 3.67. The second kappa shape index (κ2) is 7.20. The second-order valence-corrected chi connectivity index (χ2v) is 5.20. The van der Waals surface area contributed by atoms with Crippen molar-refractivity contribution >= 4 is 10.9 Å². The summed E-state index contributed by atoms with van der Waals surface area (Å²) in [6.07, 6.45) is 4.83. The van der Waals surface area contributed by atoms with Gasteiger partial charge >= 0.3 is 0 Å². The van der Waals surface area contributed by atoms with E-state index in [2.05, 4.69) is 24.3 Å². The predicted octanol–water partition coefficient (Wildman–Crippen LogP) is 2.56. The van der Waals surface area contributed by atoms with E-state index in [1.807, 2.05) is 28.9 Å². The molecule has 1 unspecified atom stereocenters. The van der Waals surface area contributed by atoms with E-state index < -0.39 is 0 Å². The summed E-state index contributed by atoms with van der Waals surface area (Å²) in [5.74, 6) is 0. The van der Waals surface area contributed by atoms with Crippen LogP contribution in [0.25, 0.3) is 10.9 Å². The number of rotatable bonds is 7. The molecule has 1 atom stereocenters. The van der Waals surface area contributed by atoms with E-state index >= 15 is 0 Å². The highest BCUT2D eigenvalue weighted by molar-refractivity contribution is 5.77. The Labute approximate surface area is 119 Å². The van der Waals surface area contributed by atoms with E-state index in [-0.39, 0.29) is 5.43 Å². The number of hydrogen-bond donors (Lipinski definition) is 1. The van der Waals surface area contributed by atoms with Gasteiger partial charge < -0.3 is 5.32 Å². The number of hydrogen-bond acceptors (Lipinski definition) is 3. The Morgan fingerprint density at radius 2 is 2.10 bits per heavy atom. The van der Waals surface area contributed by atoms with Gasteiger partial charge in [0.05, 0.1) is 11.7 Å². The number of para-hydroxylation sites is 1. The van der Waals surface area contributed by atoms with E-state index in [1.54, 1.807) is 0 Å². The van der Waals surface area contributed by atoms with Crippen LogP contribution >= 0.6 is 0 Å². The smallest absolute Gasteiger partial charge is 0.207 e. The van der Waals surface area contributed by atoms with Gasteiger partial charge in [0.25, 0.3) is 0 Å². The maximum Gasteiger partial charge on any atom is 0.207 e. The van der Waals surface area contributed by atoms with Crippen LogP contribution in [0.3, 0.4) is 0 Å². The van der Waals surface area contributed by atoms with Crippen molar-refractivity contribution in [2.75, 3.05) is 6.54 Å². The molecule has 1 heterocycles. The van der Waals surface area contributed by atoms with Crippen molar-refractivity contribution in [2.45, 2.75) is 45.7 Å². The summed E-state index contributed by atoms with van der Waals surface area (Å²) >= 11 is 0. The van der Waals surface area contributed by atoms with Gasteiger partial charge in [-0.2, -0.15) is 5.10 Å². The predicted molar refractivity (Wildman–Crippen MR) is 83.0 cm³/mol. The van der Waals surface area contributed by atoms with Crippen LogP contribution in [0.2, 0.25) is 0 Å². The lowest BCUT2D eigenvalue weighted by Crippen LogP contribution is -2.25. The van der Waals surface area contributed by atoms with Gasteiger partial charge in [0, 0.05) is 18.0 Å². The molecular formula is C16H23N3O. The molecule has 2 rings (SSSR count). The lowest BCUT2D eigenvalue weighted by molar-refractivity contribution is 0.477. The first kappa shape index (κ1) is 14.7. The zero-order valence-corrected chi connectivity index (χ0v) is 12.3. The molecule has 0 amide bonds. The first-order valence-electron chi connectivity index (χ1n) is 7.40. The second-order valence-electron chi connectivity index (χ2n) is 5.20. The molecule has 4 heteroatoms. The van der Waals surface area contributed by atoms with Crippen molar-refractivity contribution in [1.29, 1.82) is 0 Å². The Morgan fingerprint density at radius 3 is 2.90 bits per heavy atom. The summed E-state index contributed by atoms with van der Waals surface area (Å²) in [6.45, 7) is 6.23. The summed E-state index contributed by atoms with van der Waals surface area (Å²) in [5.41, 5.74) is 0.928. The number of aromatic nitrogens is 2. The monoisotopic (exact) mass is 273 g/mol. The Bertz CT molecular complexity index is 606. The van der Waals surface area contributed by atoms with Crippen LogP contribution < -0.4 is 10.7 Å². The Balaban J connectivity index is 1.97. The Hall–Kier alpha value is -1.68. The average Bonchev–Trinajstić information content (AvgIpc) is 2.46. The molecular weight excluding hydrogens is 250 g/mol. The van der Waals surface area contributed by atoms with Gasteiger partial charge in [-0.15, -0.1) is 0 Å². The van der Waals surface area contributed by atoms with Crippen molar-refractivity contribution in [1.82, 2.24) is 15.1 Å². The van der Waals surface area contributed by atoms with Gasteiger partial charge in [0.15, 0.2) is 0 Å². The lowest BCUT2D eigenvalue weighted by atomic mass is 10.1. The molecule has 1 aromatic heterocycles. The summed E-state index contributed by atoms with van der Waals surface area (Å²) in [6, 6.07) is 8.24. The fraction of sp³-hybridized carbons (Fsp3) is 0.500. The maximum absolute atomic E-state index is 11.7. The standard InChI is InChI=1S/C16H23N3O/c1-3-17-13(2)8-6-7-11-19-15-10-5-4-9-14(15)16(20)12-18-19/h4-5,9-10,12-13,17H,3,6-8,11H2,1-2H3. The molecule has 0 fully saturated rings. The molecule has 0 aliphatic carbocycles. The number of nitrogens with zero attached hydrogens (tertiary/aromatic N) is 2. The maximum atomic E-state index is 11.7. The number of benzene rings is 1. The summed E-state index contributed by atoms with van der Waals surface area (Å²) in [7, 11) is 0. The van der Waals surface area contributed by atoms with Crippen LogP contribution in [0, 0.1) is 0 Å². The van der Waals surface area contributed by atoms with Crippen LogP contribution in [0.15, 0.2) is 35.3 Å². The molecule has 0 spiro atoms. The molecule has 0 bridgehead atoms. The molecule has 4 nitrogen and oxygen atoms in total. The van der Waals surface area contributed by atoms with E-state index in [0.29, 0.717) is 6.04 Å². The van der Waals surface area contributed by atoms with E-state index in [1.165, 1.54) is 12.6 Å². The average molecular weight is 273 g/mol. The summed E-state index contributed by atoms with van der Waals surface area (Å²) < 4.78 is 1.94. The highest BCUT2D eigenvalue weighted by atomic mass is 16.1. The summed E-state index contributed by atoms with van der Waals surface area (Å²) in [5, 5.41) is 8.42. The van der Waals surface area contributed by atoms with Crippen molar-refractivity contribution < 1.29 is 0 Å². The molecule has 20 heavy (non-hydrogen) atoms. The number of aryl methyl sites for hydroxylation is 1. The van der Waals surface area contributed by atoms with E-state index in [9.17, 15) is 4.79 Å². The molecule has 0 aliphatic rings. The minimum Gasteiger partial charge on any atom is -0.315 e. The SMILES string of the molecule is CCNC(C)CCCCn1ncc(=O)c2ccccc21. The molecule has 1 N–H and O–H groups in total. The molecule has 0 radical (unpaired) electrons. The first-order chi connectivity index (χ1) is 9.72. The van der Waals surface area contributed by atoms with Crippen LogP contribution in [0.4, 0.5) is 0 Å². The van der Waals surface area contributed by atoms with Crippen LogP contribution in [-0.4, -0.2) is 22.4 Å². The van der Waals surface area contributed by atoms with Crippen molar-refractivity contribution in [2.24, 2.45) is 0 Å². The number of unbranched alkanes of at least 4 members (excludes halogenated alkanes) is 1. The van der Waals surface area contributed by atoms with Gasteiger partial charge in [-0.1, -0.05) is 25.5 Å². The highest BCUT2D eigenvalue weighted by Crippen LogP contribution is 2.10. The van der Waals surface area contributed by atoms with E-state index in [0.717, 1.165) is 36.8 Å². The highest BCUT2D eigenvalue weighted by Gasteiger charge is 2.04. The van der Waals surface area contributed by atoms with E-state index in [4.69, 9.17) is 0 Å². The lowest BCUT2D eigenvalue weighted by Gasteiger charge is -2.12. The molecule has 2 aromatic rings. The first-order valence-corrected chi connectivity index (χ1v) is 7.40. The minimum absolute atomic E-state index is 0.00221. The molecule has 0 saturated carbocycles. The van der Waals surface area contributed by atoms with Crippen molar-refractivity contribution in [3.63, 3.8) is 0 Å². The van der Waals surface area contributed by atoms with Gasteiger partial charge in [-0.25, -0.2) is 0 Å². The third-order valence-corrected chi connectivity index (χ3v) is 3.57. The number of nitrogens with one attached hydrogen (secondary N) is 1. The van der Waals surface area contributed by atoms with Crippen LogP contribution in [0.1, 0.15) is 33.1 Å². The Kier molecular flexibility index (Phi) is 5.30. The number of fused-ring (bicyclic) bond motifs is 1. The largest absolute Gasteiger partial charge is 0.315 e. The minimum atomic E-state index is -0.00221. The summed E-state index contributed by atoms with van der Waals surface area (Å²) in [4.78, 5) is 11.7. The van der Waals surface area contributed by atoms with Crippen molar-refractivity contribution in [3.8, 4) is 0 Å². The van der Waals surface area contributed by atoms with Gasteiger partial charge in [0.2, 0.25) is 5.43 Å². The van der Waals surface area contributed by atoms with Gasteiger partial charge in [-0.05, 0) is 38.4 Å². The van der Waals surface area contributed by atoms with Crippen LogP contribution in [-0.2, 0) is 6.54 Å². The third-order valence-electron chi connectivity index (χ3n) is 3.57. The zero-order chi connectivity index (χ0) is 14.4. The quantitative estimate of drug-likeness (QED) is 0.789. The Morgan fingerprint density at radius 1 is 1.30 bits per heavy atom. The van der Waals surface area contributed by atoms with Crippen LogP contribution in [0.5, 0.6) is 0 Å². The van der Waals surface area contributed by atoms with Crippen molar-refractivity contribution in [3.05, 3.63) is 40.7 Å². The zero-order valence-electron chi connectivity index (χ0n) is 12.3. The normalized spacial score (nSPS) is 12.7. The topological polar surface area (TPSA) is 46.9 Å². The van der Waals surface area contributed by atoms with Gasteiger partial charge in [-0.3, -0.25) is 9.48 Å². The molecule has 108 valence electrons. The fourth-order valence-corrected chi connectivity index (χ4v) is 2.50. The molecule has 1 aromatic carbocycles. The molecule has 0 aliphatic heterocycles. The fourth-order valence-electron chi connectivity index (χ4n) is 2.50. The molecule has 0 saturated heterocycles. The van der Waals surface area contributed by atoms with Gasteiger partial charge in [0.1, 0.15) is 0 Å².